The number of carbonyl (C=O) groups excluding carboxylic acids is 1. The molecular formula is C16H17N5O2S. The van der Waals surface area contributed by atoms with E-state index >= 15 is 0 Å². The minimum atomic E-state index is -0.277. The second-order valence-corrected chi connectivity index (χ2v) is 6.58. The molecule has 124 valence electrons. The number of benzene rings is 1. The van der Waals surface area contributed by atoms with Crippen LogP contribution in [0.4, 0.5) is 5.69 Å². The average molecular weight is 343 g/mol. The van der Waals surface area contributed by atoms with E-state index in [4.69, 9.17) is 0 Å². The van der Waals surface area contributed by atoms with Gasteiger partial charge in [-0.25, -0.2) is 4.98 Å². The Labute approximate surface area is 142 Å². The topological polar surface area (TPSA) is 104 Å². The van der Waals surface area contributed by atoms with Crippen molar-refractivity contribution in [3.63, 3.8) is 0 Å². The van der Waals surface area contributed by atoms with Gasteiger partial charge in [-0.05, 0) is 23.6 Å². The van der Waals surface area contributed by atoms with Gasteiger partial charge in [-0.1, -0.05) is 37.7 Å². The fourth-order valence-electron chi connectivity index (χ4n) is 2.18. The molecule has 2 heterocycles. The van der Waals surface area contributed by atoms with E-state index in [2.05, 4.69) is 39.3 Å². The largest absolute Gasteiger partial charge is 0.325 e. The fourth-order valence-corrected chi connectivity index (χ4v) is 2.84. The molecule has 0 aliphatic heterocycles. The van der Waals surface area contributed by atoms with E-state index in [-0.39, 0.29) is 17.2 Å². The summed E-state index contributed by atoms with van der Waals surface area (Å²) in [6.07, 6.45) is 1.42. The molecule has 24 heavy (non-hydrogen) atoms. The van der Waals surface area contributed by atoms with Crippen LogP contribution in [0.2, 0.25) is 0 Å². The molecular weight excluding hydrogens is 326 g/mol. The van der Waals surface area contributed by atoms with Crippen molar-refractivity contribution in [3.05, 3.63) is 46.4 Å². The van der Waals surface area contributed by atoms with E-state index in [0.29, 0.717) is 22.1 Å². The number of aromatic amines is 2. The molecule has 0 atom stereocenters. The number of H-pyrrole nitrogens is 2. The quantitative estimate of drug-likeness (QED) is 0.488. The number of anilines is 1. The normalized spacial score (nSPS) is 11.1. The van der Waals surface area contributed by atoms with Crippen molar-refractivity contribution < 1.29 is 4.79 Å². The Hall–Kier alpha value is -2.61. The van der Waals surface area contributed by atoms with Crippen LogP contribution in [0.3, 0.4) is 0 Å². The van der Waals surface area contributed by atoms with Crippen LogP contribution in [0.15, 0.2) is 40.4 Å². The summed E-state index contributed by atoms with van der Waals surface area (Å²) in [4.78, 5) is 30.7. The fraction of sp³-hybridized carbons (Fsp3) is 0.250. The summed E-state index contributed by atoms with van der Waals surface area (Å²) in [5, 5.41) is 10.0. The molecule has 3 rings (SSSR count). The Morgan fingerprint density at radius 3 is 2.75 bits per heavy atom. The lowest BCUT2D eigenvalue weighted by Crippen LogP contribution is -2.15. The molecule has 0 aliphatic rings. The van der Waals surface area contributed by atoms with Crippen molar-refractivity contribution in [3.8, 4) is 0 Å². The summed E-state index contributed by atoms with van der Waals surface area (Å²) in [5.74, 6) is 0.435. The van der Waals surface area contributed by atoms with Crippen molar-refractivity contribution in [1.29, 1.82) is 0 Å². The summed E-state index contributed by atoms with van der Waals surface area (Å²) >= 11 is 1.16. The van der Waals surface area contributed by atoms with Gasteiger partial charge in [0.2, 0.25) is 5.91 Å². The van der Waals surface area contributed by atoms with Crippen molar-refractivity contribution in [1.82, 2.24) is 20.2 Å². The molecule has 3 aromatic rings. The van der Waals surface area contributed by atoms with Crippen LogP contribution in [0.5, 0.6) is 0 Å². The highest BCUT2D eigenvalue weighted by Crippen LogP contribution is 2.18. The first-order valence-corrected chi connectivity index (χ1v) is 8.47. The van der Waals surface area contributed by atoms with Crippen molar-refractivity contribution >= 4 is 34.4 Å². The molecule has 0 unspecified atom stereocenters. The van der Waals surface area contributed by atoms with E-state index in [1.165, 1.54) is 11.8 Å². The second-order valence-electron chi connectivity index (χ2n) is 5.62. The van der Waals surface area contributed by atoms with Gasteiger partial charge in [-0.15, -0.1) is 0 Å². The molecule has 1 amide bonds. The van der Waals surface area contributed by atoms with E-state index in [1.807, 2.05) is 24.3 Å². The SMILES string of the molecule is CC(C)c1ccc(NC(=O)CSc2nc3[nH]ncc3c(=O)[nH]2)cc1. The van der Waals surface area contributed by atoms with Gasteiger partial charge in [0, 0.05) is 5.69 Å². The third-order valence-corrected chi connectivity index (χ3v) is 4.37. The Morgan fingerprint density at radius 1 is 1.29 bits per heavy atom. The molecule has 0 saturated carbocycles. The molecule has 2 aromatic heterocycles. The molecule has 0 aliphatic carbocycles. The van der Waals surface area contributed by atoms with Gasteiger partial charge < -0.3 is 10.3 Å². The minimum Gasteiger partial charge on any atom is -0.325 e. The number of rotatable bonds is 5. The molecule has 0 saturated heterocycles. The van der Waals surface area contributed by atoms with Gasteiger partial charge in [-0.2, -0.15) is 5.10 Å². The third-order valence-electron chi connectivity index (χ3n) is 3.50. The van der Waals surface area contributed by atoms with Gasteiger partial charge >= 0.3 is 0 Å². The number of hydrogen-bond acceptors (Lipinski definition) is 5. The summed E-state index contributed by atoms with van der Waals surface area (Å²) < 4.78 is 0. The molecule has 0 radical (unpaired) electrons. The number of hydrogen-bond donors (Lipinski definition) is 3. The first-order chi connectivity index (χ1) is 11.5. The molecule has 0 fully saturated rings. The minimum absolute atomic E-state index is 0.147. The maximum Gasteiger partial charge on any atom is 0.262 e. The van der Waals surface area contributed by atoms with Crippen LogP contribution in [0, 0.1) is 0 Å². The Bertz CT molecular complexity index is 914. The Morgan fingerprint density at radius 2 is 2.04 bits per heavy atom. The number of carbonyl (C=O) groups is 1. The monoisotopic (exact) mass is 343 g/mol. The highest BCUT2D eigenvalue weighted by atomic mass is 32.2. The number of nitrogens with one attached hydrogen (secondary N) is 3. The predicted molar refractivity (Wildman–Crippen MR) is 94.4 cm³/mol. The van der Waals surface area contributed by atoms with E-state index in [9.17, 15) is 9.59 Å². The first kappa shape index (κ1) is 16.3. The Balaban J connectivity index is 1.61. The molecule has 0 spiro atoms. The number of thioether (sulfide) groups is 1. The zero-order valence-corrected chi connectivity index (χ0v) is 14.1. The zero-order chi connectivity index (χ0) is 17.1. The van der Waals surface area contributed by atoms with Gasteiger partial charge in [0.15, 0.2) is 10.8 Å². The maximum absolute atomic E-state index is 12.0. The maximum atomic E-state index is 12.0. The van der Waals surface area contributed by atoms with Crippen LogP contribution < -0.4 is 10.9 Å². The number of fused-ring (bicyclic) bond motifs is 1. The zero-order valence-electron chi connectivity index (χ0n) is 13.3. The molecule has 3 N–H and O–H groups in total. The lowest BCUT2D eigenvalue weighted by molar-refractivity contribution is -0.113. The van der Waals surface area contributed by atoms with Crippen LogP contribution in [0.1, 0.15) is 25.3 Å². The van der Waals surface area contributed by atoms with E-state index in [1.54, 1.807) is 0 Å². The van der Waals surface area contributed by atoms with E-state index in [0.717, 1.165) is 17.4 Å². The Kier molecular flexibility index (Phi) is 4.66. The predicted octanol–water partition coefficient (Wildman–Crippen LogP) is 2.50. The number of nitrogens with zero attached hydrogens (tertiary/aromatic N) is 2. The molecule has 0 bridgehead atoms. The molecule has 8 heteroatoms. The van der Waals surface area contributed by atoms with Crippen molar-refractivity contribution in [2.24, 2.45) is 0 Å². The lowest BCUT2D eigenvalue weighted by Gasteiger charge is -2.08. The summed E-state index contributed by atoms with van der Waals surface area (Å²) in [6.45, 7) is 4.24. The highest BCUT2D eigenvalue weighted by Gasteiger charge is 2.09. The summed E-state index contributed by atoms with van der Waals surface area (Å²) in [6, 6.07) is 7.76. The summed E-state index contributed by atoms with van der Waals surface area (Å²) in [7, 11) is 0. The standard InChI is InChI=1S/C16H17N5O2S/c1-9(2)10-3-5-11(6-4-10)18-13(22)8-24-16-19-14-12(7-17-21-14)15(23)20-16/h3-7,9H,8H2,1-2H3,(H,18,22)(H2,17,19,20,21,23). The van der Waals surface area contributed by atoms with Gasteiger partial charge in [-0.3, -0.25) is 14.7 Å². The third kappa shape index (κ3) is 3.65. The second kappa shape index (κ2) is 6.88. The average Bonchev–Trinajstić information content (AvgIpc) is 3.02. The van der Waals surface area contributed by atoms with Crippen LogP contribution in [-0.2, 0) is 4.79 Å². The van der Waals surface area contributed by atoms with Gasteiger partial charge in [0.25, 0.3) is 5.56 Å². The lowest BCUT2D eigenvalue weighted by atomic mass is 10.0. The smallest absolute Gasteiger partial charge is 0.262 e. The van der Waals surface area contributed by atoms with Crippen LogP contribution in [-0.4, -0.2) is 31.8 Å². The molecule has 1 aromatic carbocycles. The number of amides is 1. The van der Waals surface area contributed by atoms with Crippen LogP contribution in [0.25, 0.3) is 11.0 Å². The summed E-state index contributed by atoms with van der Waals surface area (Å²) in [5.41, 5.74) is 2.10. The highest BCUT2D eigenvalue weighted by molar-refractivity contribution is 7.99. The van der Waals surface area contributed by atoms with Crippen molar-refractivity contribution in [2.75, 3.05) is 11.1 Å². The van der Waals surface area contributed by atoms with Crippen LogP contribution >= 0.6 is 11.8 Å². The first-order valence-electron chi connectivity index (χ1n) is 7.49. The van der Waals surface area contributed by atoms with Crippen molar-refractivity contribution in [2.45, 2.75) is 24.9 Å². The number of aromatic nitrogens is 4. The molecule has 7 nitrogen and oxygen atoms in total. The van der Waals surface area contributed by atoms with E-state index < -0.39 is 0 Å². The van der Waals surface area contributed by atoms with Gasteiger partial charge in [0.1, 0.15) is 5.39 Å². The van der Waals surface area contributed by atoms with Gasteiger partial charge in [0.05, 0.1) is 11.9 Å².